The lowest BCUT2D eigenvalue weighted by atomic mass is 9.71. The van der Waals surface area contributed by atoms with Crippen molar-refractivity contribution in [2.75, 3.05) is 20.3 Å². The average molecular weight is 417 g/mol. The second-order valence-electron chi connectivity index (χ2n) is 7.45. The number of ether oxygens (including phenoxy) is 2. The molecule has 0 saturated carbocycles. The number of hydrogen-bond donors (Lipinski definition) is 1. The number of nitrogens with two attached hydrogens (primary N) is 1. The van der Waals surface area contributed by atoms with Gasteiger partial charge in [0.05, 0.1) is 24.2 Å². The first-order valence-corrected chi connectivity index (χ1v) is 9.62. The summed E-state index contributed by atoms with van der Waals surface area (Å²) in [5, 5.41) is 0.380. The molecule has 1 spiro atoms. The summed E-state index contributed by atoms with van der Waals surface area (Å²) in [4.78, 5) is 23.3. The fourth-order valence-corrected chi connectivity index (χ4v) is 4.60. The largest absolute Gasteiger partial charge is 0.489 e. The van der Waals surface area contributed by atoms with Gasteiger partial charge >= 0.3 is 0 Å². The number of rotatable bonds is 1. The van der Waals surface area contributed by atoms with Crippen LogP contribution >= 0.6 is 11.6 Å². The molecule has 7 nitrogen and oxygen atoms in total. The molecule has 4 heterocycles. The number of nitrogens with zero attached hydrogens (tertiary/aromatic N) is 3. The molecule has 3 aliphatic rings. The Labute approximate surface area is 171 Å². The van der Waals surface area contributed by atoms with E-state index in [9.17, 15) is 4.79 Å². The van der Waals surface area contributed by atoms with Crippen molar-refractivity contribution in [3.63, 3.8) is 0 Å². The lowest BCUT2D eigenvalue weighted by Gasteiger charge is -2.45. The van der Waals surface area contributed by atoms with Crippen LogP contribution in [0.25, 0.3) is 11.1 Å². The molecular formula is C20H18ClFN4O3. The number of halogens is 2. The van der Waals surface area contributed by atoms with E-state index in [1.165, 1.54) is 23.4 Å². The Balaban J connectivity index is 1.76. The van der Waals surface area contributed by atoms with Crippen LogP contribution in [-0.2, 0) is 15.1 Å². The lowest BCUT2D eigenvalue weighted by molar-refractivity contribution is -0.141. The molecule has 0 bridgehead atoms. The number of fused-ring (bicyclic) bond motifs is 4. The maximum atomic E-state index is 15.0. The van der Waals surface area contributed by atoms with Crippen LogP contribution in [0.15, 0.2) is 35.6 Å². The van der Waals surface area contributed by atoms with Gasteiger partial charge in [-0.2, -0.15) is 0 Å². The van der Waals surface area contributed by atoms with Gasteiger partial charge in [0.15, 0.2) is 11.5 Å². The molecule has 1 fully saturated rings. The zero-order chi connectivity index (χ0) is 20.3. The van der Waals surface area contributed by atoms with E-state index in [1.807, 2.05) is 0 Å². The van der Waals surface area contributed by atoms with Gasteiger partial charge in [-0.15, -0.1) is 0 Å². The molecule has 29 heavy (non-hydrogen) atoms. The predicted octanol–water partition coefficient (Wildman–Crippen LogP) is 2.32. The first-order chi connectivity index (χ1) is 13.9. The summed E-state index contributed by atoms with van der Waals surface area (Å²) in [5.74, 6) is -0.728. The van der Waals surface area contributed by atoms with Crippen molar-refractivity contribution in [2.24, 2.45) is 16.6 Å². The smallest absolute Gasteiger partial charge is 0.262 e. The SMILES string of the molecule is CN1C(=O)[C@]2(N=C1N)c1cc(-c3cncc(Cl)c3)c(F)cc1OC1CCOC[C@@H]12. The predicted molar refractivity (Wildman–Crippen MR) is 104 cm³/mol. The minimum atomic E-state index is -1.31. The fraction of sp³-hybridized carbons (Fsp3) is 0.350. The Morgan fingerprint density at radius 1 is 1.34 bits per heavy atom. The van der Waals surface area contributed by atoms with Crippen LogP contribution in [-0.4, -0.2) is 48.1 Å². The molecule has 9 heteroatoms. The van der Waals surface area contributed by atoms with Crippen molar-refractivity contribution >= 4 is 23.5 Å². The number of guanidine groups is 1. The Bertz CT molecular complexity index is 1060. The van der Waals surface area contributed by atoms with E-state index >= 15 is 4.39 Å². The number of aromatic nitrogens is 1. The van der Waals surface area contributed by atoms with Gasteiger partial charge in [0.1, 0.15) is 17.7 Å². The molecule has 0 radical (unpaired) electrons. The van der Waals surface area contributed by atoms with Crippen LogP contribution in [0.2, 0.25) is 5.02 Å². The number of carbonyl (C=O) groups is 1. The highest BCUT2D eigenvalue weighted by molar-refractivity contribution is 6.30. The molecule has 2 N–H and O–H groups in total. The van der Waals surface area contributed by atoms with Crippen LogP contribution < -0.4 is 10.5 Å². The van der Waals surface area contributed by atoms with Crippen molar-refractivity contribution in [3.05, 3.63) is 47.0 Å². The van der Waals surface area contributed by atoms with E-state index in [0.717, 1.165) is 0 Å². The summed E-state index contributed by atoms with van der Waals surface area (Å²) >= 11 is 6.04. The normalized spacial score (nSPS) is 28.0. The van der Waals surface area contributed by atoms with Crippen LogP contribution in [0, 0.1) is 11.7 Å². The first-order valence-electron chi connectivity index (χ1n) is 9.24. The molecule has 0 aliphatic carbocycles. The molecule has 5 rings (SSSR count). The standard InChI is InChI=1S/C20H18ClFN4O3/c1-26-18(27)20(25-19(26)23)13-5-12(10-4-11(21)8-24-7-10)15(22)6-17(13)29-16-2-3-28-9-14(16)20/h4-8,14,16H,2-3,9H2,1H3,(H2,23,25)/t14-,16?,20-/m0/s1. The summed E-state index contributed by atoms with van der Waals surface area (Å²) in [6, 6.07) is 4.51. The molecule has 2 aromatic rings. The lowest BCUT2D eigenvalue weighted by Crippen LogP contribution is -2.56. The van der Waals surface area contributed by atoms with Crippen molar-refractivity contribution in [3.8, 4) is 16.9 Å². The molecule has 1 aromatic carbocycles. The van der Waals surface area contributed by atoms with Gasteiger partial charge < -0.3 is 15.2 Å². The third-order valence-electron chi connectivity index (χ3n) is 5.87. The van der Waals surface area contributed by atoms with Gasteiger partial charge in [-0.3, -0.25) is 14.7 Å². The highest BCUT2D eigenvalue weighted by Crippen LogP contribution is 2.52. The van der Waals surface area contributed by atoms with Crippen LogP contribution in [0.5, 0.6) is 5.75 Å². The number of likely N-dealkylation sites (N-methyl/N-ethyl adjacent to an activating group) is 1. The maximum absolute atomic E-state index is 15.0. The van der Waals surface area contributed by atoms with Crippen LogP contribution in [0.1, 0.15) is 12.0 Å². The minimum absolute atomic E-state index is 0.113. The van der Waals surface area contributed by atoms with E-state index < -0.39 is 11.4 Å². The zero-order valence-electron chi connectivity index (χ0n) is 15.6. The number of hydrogen-bond acceptors (Lipinski definition) is 6. The Morgan fingerprint density at radius 3 is 2.90 bits per heavy atom. The topological polar surface area (TPSA) is 90.0 Å². The molecule has 1 amide bonds. The van der Waals surface area contributed by atoms with Crippen molar-refractivity contribution < 1.29 is 18.7 Å². The molecule has 3 aliphatic heterocycles. The number of pyridine rings is 1. The highest BCUT2D eigenvalue weighted by atomic mass is 35.5. The molecule has 1 unspecified atom stereocenters. The zero-order valence-corrected chi connectivity index (χ0v) is 16.3. The third-order valence-corrected chi connectivity index (χ3v) is 6.08. The summed E-state index contributed by atoms with van der Waals surface area (Å²) < 4.78 is 26.8. The number of aliphatic imine (C=N–C) groups is 1. The number of benzene rings is 1. The third kappa shape index (κ3) is 2.55. The number of amides is 1. The Kier molecular flexibility index (Phi) is 4.04. The Hall–Kier alpha value is -2.71. The van der Waals surface area contributed by atoms with Gasteiger partial charge in [0, 0.05) is 48.6 Å². The van der Waals surface area contributed by atoms with Crippen molar-refractivity contribution in [1.29, 1.82) is 0 Å². The fourth-order valence-electron chi connectivity index (χ4n) is 4.42. The van der Waals surface area contributed by atoms with Gasteiger partial charge in [-0.05, 0) is 12.1 Å². The van der Waals surface area contributed by atoms with Gasteiger partial charge in [-0.25, -0.2) is 9.38 Å². The first kappa shape index (κ1) is 18.3. The summed E-state index contributed by atoms with van der Waals surface area (Å²) in [6.45, 7) is 0.802. The molecule has 1 aromatic heterocycles. The molecular weight excluding hydrogens is 399 g/mol. The van der Waals surface area contributed by atoms with E-state index in [0.29, 0.717) is 41.5 Å². The summed E-state index contributed by atoms with van der Waals surface area (Å²) in [5.41, 5.74) is 5.93. The maximum Gasteiger partial charge on any atom is 0.262 e. The average Bonchev–Trinajstić information content (AvgIpc) is 2.93. The van der Waals surface area contributed by atoms with Crippen molar-refractivity contribution in [2.45, 2.75) is 18.1 Å². The van der Waals surface area contributed by atoms with Crippen LogP contribution in [0.3, 0.4) is 0 Å². The molecule has 150 valence electrons. The van der Waals surface area contributed by atoms with Gasteiger partial charge in [-0.1, -0.05) is 11.6 Å². The number of carbonyl (C=O) groups excluding carboxylic acids is 1. The summed E-state index contributed by atoms with van der Waals surface area (Å²) in [6.07, 6.45) is 3.25. The highest BCUT2D eigenvalue weighted by Gasteiger charge is 2.60. The van der Waals surface area contributed by atoms with E-state index in [4.69, 9.17) is 26.8 Å². The van der Waals surface area contributed by atoms with E-state index in [2.05, 4.69) is 9.98 Å². The molecule has 1 saturated heterocycles. The summed E-state index contributed by atoms with van der Waals surface area (Å²) in [7, 11) is 1.58. The van der Waals surface area contributed by atoms with Gasteiger partial charge in [0.25, 0.3) is 5.91 Å². The van der Waals surface area contributed by atoms with Crippen molar-refractivity contribution in [1.82, 2.24) is 9.88 Å². The quantitative estimate of drug-likeness (QED) is 0.770. The minimum Gasteiger partial charge on any atom is -0.489 e. The second kappa shape index (κ2) is 6.40. The van der Waals surface area contributed by atoms with E-state index in [-0.39, 0.29) is 29.5 Å². The van der Waals surface area contributed by atoms with Crippen LogP contribution in [0.4, 0.5) is 4.39 Å². The molecule has 3 atom stereocenters. The second-order valence-corrected chi connectivity index (χ2v) is 7.88. The Morgan fingerprint density at radius 2 is 2.17 bits per heavy atom. The monoisotopic (exact) mass is 416 g/mol. The van der Waals surface area contributed by atoms with E-state index in [1.54, 1.807) is 19.2 Å². The van der Waals surface area contributed by atoms with Gasteiger partial charge in [0.2, 0.25) is 0 Å².